The molecular formula is C13H20N2O4S. The zero-order chi connectivity index (χ0) is 15.6. The fourth-order valence-electron chi connectivity index (χ4n) is 2.04. The molecule has 0 saturated carbocycles. The summed E-state index contributed by atoms with van der Waals surface area (Å²) in [7, 11) is -1.64. The van der Waals surface area contributed by atoms with Crippen LogP contribution in [0.2, 0.25) is 0 Å². The molecule has 0 amide bonds. The molecule has 0 heterocycles. The van der Waals surface area contributed by atoms with Gasteiger partial charge in [0.1, 0.15) is 0 Å². The summed E-state index contributed by atoms with van der Waals surface area (Å²) >= 11 is 0. The number of hydrogen-bond acceptors (Lipinski definition) is 5. The SMILES string of the molecule is CNC(Cc1ccccc1[N+](=O)[O-])C(C)(C)S(C)(=O)=O. The molecule has 0 spiro atoms. The Hall–Kier alpha value is -1.47. The third-order valence-corrected chi connectivity index (χ3v) is 5.95. The molecule has 0 aliphatic carbocycles. The number of likely N-dealkylation sites (N-methyl/N-ethyl adjacent to an activating group) is 1. The monoisotopic (exact) mass is 300 g/mol. The summed E-state index contributed by atoms with van der Waals surface area (Å²) in [6.45, 7) is 3.25. The minimum absolute atomic E-state index is 0.0112. The maximum absolute atomic E-state index is 11.9. The van der Waals surface area contributed by atoms with Crippen LogP contribution in [0.3, 0.4) is 0 Å². The van der Waals surface area contributed by atoms with Gasteiger partial charge in [-0.3, -0.25) is 10.1 Å². The molecule has 0 aliphatic rings. The largest absolute Gasteiger partial charge is 0.315 e. The normalized spacial score (nSPS) is 14.0. The van der Waals surface area contributed by atoms with Crippen LogP contribution in [0, 0.1) is 10.1 Å². The number of para-hydroxylation sites is 1. The smallest absolute Gasteiger partial charge is 0.272 e. The van der Waals surface area contributed by atoms with Crippen molar-refractivity contribution in [3.63, 3.8) is 0 Å². The van der Waals surface area contributed by atoms with Crippen LogP contribution < -0.4 is 5.32 Å². The van der Waals surface area contributed by atoms with E-state index < -0.39 is 25.5 Å². The molecule has 0 radical (unpaired) electrons. The second kappa shape index (κ2) is 5.88. The number of nitro benzene ring substituents is 1. The summed E-state index contributed by atoms with van der Waals surface area (Å²) in [5.74, 6) is 0. The quantitative estimate of drug-likeness (QED) is 0.636. The highest BCUT2D eigenvalue weighted by molar-refractivity contribution is 7.92. The highest BCUT2D eigenvalue weighted by atomic mass is 32.2. The van der Waals surface area contributed by atoms with Gasteiger partial charge in [-0.2, -0.15) is 0 Å². The molecule has 0 aromatic heterocycles. The third-order valence-electron chi connectivity index (χ3n) is 3.76. The van der Waals surface area contributed by atoms with Gasteiger partial charge in [0.25, 0.3) is 5.69 Å². The van der Waals surface area contributed by atoms with Gasteiger partial charge < -0.3 is 5.32 Å². The summed E-state index contributed by atoms with van der Waals surface area (Å²) in [4.78, 5) is 10.6. The van der Waals surface area contributed by atoms with Gasteiger partial charge in [-0.25, -0.2) is 8.42 Å². The van der Waals surface area contributed by atoms with Crippen molar-refractivity contribution in [2.45, 2.75) is 31.1 Å². The summed E-state index contributed by atoms with van der Waals surface area (Å²) in [5.41, 5.74) is 0.533. The number of rotatable bonds is 6. The van der Waals surface area contributed by atoms with E-state index >= 15 is 0 Å². The molecule has 1 unspecified atom stereocenters. The predicted octanol–water partition coefficient (Wildman–Crippen LogP) is 1.55. The number of sulfone groups is 1. The molecule has 0 saturated heterocycles. The predicted molar refractivity (Wildman–Crippen MR) is 78.6 cm³/mol. The molecule has 7 heteroatoms. The Balaban J connectivity index is 3.16. The van der Waals surface area contributed by atoms with Crippen LogP contribution in [-0.4, -0.2) is 37.4 Å². The highest BCUT2D eigenvalue weighted by Crippen LogP contribution is 2.26. The average molecular weight is 300 g/mol. The first kappa shape index (κ1) is 16.6. The maximum atomic E-state index is 11.9. The van der Waals surface area contributed by atoms with E-state index in [1.807, 2.05) is 0 Å². The summed E-state index contributed by atoms with van der Waals surface area (Å²) in [6, 6.07) is 5.97. The number of nitrogens with zero attached hydrogens (tertiary/aromatic N) is 1. The Morgan fingerprint density at radius 1 is 1.35 bits per heavy atom. The Morgan fingerprint density at radius 2 is 1.90 bits per heavy atom. The first-order valence-electron chi connectivity index (χ1n) is 6.20. The fourth-order valence-corrected chi connectivity index (χ4v) is 2.75. The topological polar surface area (TPSA) is 89.3 Å². The van der Waals surface area contributed by atoms with Gasteiger partial charge in [-0.15, -0.1) is 0 Å². The van der Waals surface area contributed by atoms with Crippen molar-refractivity contribution in [3.05, 3.63) is 39.9 Å². The van der Waals surface area contributed by atoms with Gasteiger partial charge >= 0.3 is 0 Å². The van der Waals surface area contributed by atoms with Crippen LogP contribution in [0.15, 0.2) is 24.3 Å². The minimum Gasteiger partial charge on any atom is -0.315 e. The number of nitro groups is 1. The van der Waals surface area contributed by atoms with E-state index in [-0.39, 0.29) is 12.1 Å². The molecule has 20 heavy (non-hydrogen) atoms. The first-order valence-corrected chi connectivity index (χ1v) is 8.09. The lowest BCUT2D eigenvalue weighted by molar-refractivity contribution is -0.385. The van der Waals surface area contributed by atoms with Crippen LogP contribution in [0.4, 0.5) is 5.69 Å². The fraction of sp³-hybridized carbons (Fsp3) is 0.538. The zero-order valence-electron chi connectivity index (χ0n) is 12.1. The van der Waals surface area contributed by atoms with E-state index in [4.69, 9.17) is 0 Å². The van der Waals surface area contributed by atoms with Crippen molar-refractivity contribution >= 4 is 15.5 Å². The van der Waals surface area contributed by atoms with Gasteiger partial charge in [0.2, 0.25) is 0 Å². The van der Waals surface area contributed by atoms with Crippen molar-refractivity contribution < 1.29 is 13.3 Å². The molecule has 1 atom stereocenters. The van der Waals surface area contributed by atoms with E-state index in [0.717, 1.165) is 0 Å². The molecule has 0 bridgehead atoms. The molecule has 0 fully saturated rings. The summed E-state index contributed by atoms with van der Waals surface area (Å²) in [5, 5.41) is 14.0. The molecule has 6 nitrogen and oxygen atoms in total. The number of nitrogens with one attached hydrogen (secondary N) is 1. The van der Waals surface area contributed by atoms with Gasteiger partial charge in [0.05, 0.1) is 9.67 Å². The highest BCUT2D eigenvalue weighted by Gasteiger charge is 2.38. The molecule has 0 aliphatic heterocycles. The summed E-state index contributed by atoms with van der Waals surface area (Å²) < 4.78 is 22.8. The van der Waals surface area contributed by atoms with E-state index in [9.17, 15) is 18.5 Å². The number of hydrogen-bond donors (Lipinski definition) is 1. The van der Waals surface area contributed by atoms with Crippen LogP contribution in [0.5, 0.6) is 0 Å². The maximum Gasteiger partial charge on any atom is 0.272 e. The van der Waals surface area contributed by atoms with Crippen molar-refractivity contribution in [1.82, 2.24) is 5.32 Å². The molecule has 1 rings (SSSR count). The van der Waals surface area contributed by atoms with Crippen molar-refractivity contribution in [3.8, 4) is 0 Å². The molecule has 1 N–H and O–H groups in total. The number of benzene rings is 1. The van der Waals surface area contributed by atoms with E-state index in [0.29, 0.717) is 5.56 Å². The lowest BCUT2D eigenvalue weighted by atomic mass is 9.95. The summed E-state index contributed by atoms with van der Waals surface area (Å²) in [6.07, 6.45) is 1.45. The van der Waals surface area contributed by atoms with Crippen molar-refractivity contribution in [1.29, 1.82) is 0 Å². The van der Waals surface area contributed by atoms with Crippen molar-refractivity contribution in [2.75, 3.05) is 13.3 Å². The Kier molecular flexibility index (Phi) is 4.88. The Bertz CT molecular complexity index is 596. The second-order valence-corrected chi connectivity index (χ2v) is 7.90. The average Bonchev–Trinajstić information content (AvgIpc) is 2.34. The van der Waals surface area contributed by atoms with Gasteiger partial charge in [0.15, 0.2) is 9.84 Å². The van der Waals surface area contributed by atoms with E-state index in [1.54, 1.807) is 39.1 Å². The molecule has 1 aromatic rings. The lowest BCUT2D eigenvalue weighted by Gasteiger charge is -2.32. The van der Waals surface area contributed by atoms with E-state index in [2.05, 4.69) is 5.32 Å². The van der Waals surface area contributed by atoms with Crippen LogP contribution in [-0.2, 0) is 16.3 Å². The van der Waals surface area contributed by atoms with Crippen LogP contribution >= 0.6 is 0 Å². The molecule has 1 aromatic carbocycles. The standard InChI is InChI=1S/C13H20N2O4S/c1-13(2,20(4,18)19)12(14-3)9-10-7-5-6-8-11(10)15(16)17/h5-8,12,14H,9H2,1-4H3. The van der Waals surface area contributed by atoms with Crippen LogP contribution in [0.1, 0.15) is 19.4 Å². The molecule has 112 valence electrons. The Labute approximate surface area is 119 Å². The lowest BCUT2D eigenvalue weighted by Crippen LogP contribution is -2.51. The minimum atomic E-state index is -3.30. The third kappa shape index (κ3) is 3.34. The van der Waals surface area contributed by atoms with Crippen LogP contribution in [0.25, 0.3) is 0 Å². The van der Waals surface area contributed by atoms with Gasteiger partial charge in [0, 0.05) is 23.9 Å². The van der Waals surface area contributed by atoms with Crippen molar-refractivity contribution in [2.24, 2.45) is 0 Å². The first-order chi connectivity index (χ1) is 9.11. The van der Waals surface area contributed by atoms with Gasteiger partial charge in [-0.05, 0) is 27.3 Å². The molecular weight excluding hydrogens is 280 g/mol. The Morgan fingerprint density at radius 3 is 2.35 bits per heavy atom. The zero-order valence-corrected chi connectivity index (χ0v) is 12.9. The van der Waals surface area contributed by atoms with Gasteiger partial charge in [-0.1, -0.05) is 18.2 Å². The van der Waals surface area contributed by atoms with E-state index in [1.165, 1.54) is 12.3 Å². The second-order valence-electron chi connectivity index (χ2n) is 5.31.